The number of benzene rings is 2. The van der Waals surface area contributed by atoms with E-state index < -0.39 is 0 Å². The summed E-state index contributed by atoms with van der Waals surface area (Å²) < 4.78 is 6.07. The molecule has 100 valence electrons. The average Bonchev–Trinajstić information content (AvgIpc) is 2.50. The Morgan fingerprint density at radius 1 is 0.950 bits per heavy atom. The van der Waals surface area contributed by atoms with Gasteiger partial charge in [0.05, 0.1) is 0 Å². The Morgan fingerprint density at radius 2 is 1.75 bits per heavy atom. The number of fused-ring (bicyclic) bond motifs is 1. The number of hydrogen-bond acceptors (Lipinski definition) is 3. The van der Waals surface area contributed by atoms with Crippen LogP contribution in [-0.2, 0) is 6.54 Å². The standard InChI is InChI=1S/C17H16N2O/c1-18-12-14-6-2-3-9-15(14)20-16-10-4-7-13-8-5-11-19-17(13)16/h2-11,18H,12H2,1H3. The lowest BCUT2D eigenvalue weighted by Gasteiger charge is -2.12. The molecular weight excluding hydrogens is 248 g/mol. The summed E-state index contributed by atoms with van der Waals surface area (Å²) in [4.78, 5) is 4.41. The van der Waals surface area contributed by atoms with E-state index in [9.17, 15) is 0 Å². The zero-order valence-electron chi connectivity index (χ0n) is 11.3. The van der Waals surface area contributed by atoms with Crippen LogP contribution in [0.1, 0.15) is 5.56 Å². The van der Waals surface area contributed by atoms with Crippen molar-refractivity contribution in [1.82, 2.24) is 10.3 Å². The fraction of sp³-hybridized carbons (Fsp3) is 0.118. The van der Waals surface area contributed by atoms with Gasteiger partial charge in [-0.15, -0.1) is 0 Å². The Morgan fingerprint density at radius 3 is 2.65 bits per heavy atom. The van der Waals surface area contributed by atoms with Crippen molar-refractivity contribution < 1.29 is 4.74 Å². The Kier molecular flexibility index (Phi) is 3.61. The van der Waals surface area contributed by atoms with Gasteiger partial charge in [0.2, 0.25) is 0 Å². The van der Waals surface area contributed by atoms with E-state index in [0.717, 1.165) is 34.5 Å². The van der Waals surface area contributed by atoms with Crippen molar-refractivity contribution in [3.63, 3.8) is 0 Å². The van der Waals surface area contributed by atoms with Crippen molar-refractivity contribution in [2.75, 3.05) is 7.05 Å². The van der Waals surface area contributed by atoms with Crippen molar-refractivity contribution in [2.45, 2.75) is 6.54 Å². The highest BCUT2D eigenvalue weighted by molar-refractivity contribution is 5.84. The lowest BCUT2D eigenvalue weighted by atomic mass is 10.2. The molecule has 2 aromatic carbocycles. The van der Waals surface area contributed by atoms with Crippen LogP contribution in [0, 0.1) is 0 Å². The second-order valence-corrected chi connectivity index (χ2v) is 4.57. The lowest BCUT2D eigenvalue weighted by molar-refractivity contribution is 0.478. The van der Waals surface area contributed by atoms with Gasteiger partial charge in [-0.25, -0.2) is 0 Å². The van der Waals surface area contributed by atoms with E-state index >= 15 is 0 Å². The molecule has 0 spiro atoms. The summed E-state index contributed by atoms with van der Waals surface area (Å²) in [7, 11) is 1.93. The number of aromatic nitrogens is 1. The van der Waals surface area contributed by atoms with Crippen molar-refractivity contribution in [3.8, 4) is 11.5 Å². The van der Waals surface area contributed by atoms with Crippen molar-refractivity contribution in [2.24, 2.45) is 0 Å². The third-order valence-electron chi connectivity index (χ3n) is 3.16. The molecule has 3 heteroatoms. The van der Waals surface area contributed by atoms with Gasteiger partial charge in [-0.2, -0.15) is 0 Å². The van der Waals surface area contributed by atoms with Gasteiger partial charge in [0, 0.05) is 23.7 Å². The molecule has 3 rings (SSSR count). The highest BCUT2D eigenvalue weighted by atomic mass is 16.5. The van der Waals surface area contributed by atoms with E-state index in [1.807, 2.05) is 55.6 Å². The number of para-hydroxylation sites is 2. The summed E-state index contributed by atoms with van der Waals surface area (Å²) in [5, 5.41) is 4.23. The molecule has 0 saturated heterocycles. The zero-order valence-corrected chi connectivity index (χ0v) is 11.3. The average molecular weight is 264 g/mol. The summed E-state index contributed by atoms with van der Waals surface area (Å²) in [5.74, 6) is 1.65. The number of rotatable bonds is 4. The van der Waals surface area contributed by atoms with E-state index in [0.29, 0.717) is 0 Å². The summed E-state index contributed by atoms with van der Waals surface area (Å²) in [5.41, 5.74) is 2.01. The maximum Gasteiger partial charge on any atom is 0.153 e. The van der Waals surface area contributed by atoms with Crippen LogP contribution in [-0.4, -0.2) is 12.0 Å². The predicted octanol–water partition coefficient (Wildman–Crippen LogP) is 3.75. The van der Waals surface area contributed by atoms with Crippen LogP contribution < -0.4 is 10.1 Å². The van der Waals surface area contributed by atoms with E-state index in [4.69, 9.17) is 4.74 Å². The quantitative estimate of drug-likeness (QED) is 0.779. The van der Waals surface area contributed by atoms with Gasteiger partial charge >= 0.3 is 0 Å². The molecule has 3 nitrogen and oxygen atoms in total. The molecule has 1 aromatic heterocycles. The summed E-state index contributed by atoms with van der Waals surface area (Å²) in [6, 6.07) is 18.0. The maximum atomic E-state index is 6.07. The summed E-state index contributed by atoms with van der Waals surface area (Å²) >= 11 is 0. The minimum atomic E-state index is 0.772. The van der Waals surface area contributed by atoms with Crippen LogP contribution in [0.4, 0.5) is 0 Å². The van der Waals surface area contributed by atoms with Crippen LogP contribution >= 0.6 is 0 Å². The van der Waals surface area contributed by atoms with Gasteiger partial charge in [0.25, 0.3) is 0 Å². The van der Waals surface area contributed by atoms with Gasteiger partial charge in [0.1, 0.15) is 11.3 Å². The van der Waals surface area contributed by atoms with E-state index in [2.05, 4.69) is 16.4 Å². The molecule has 0 fully saturated rings. The molecule has 0 saturated carbocycles. The van der Waals surface area contributed by atoms with Gasteiger partial charge in [-0.3, -0.25) is 4.98 Å². The highest BCUT2D eigenvalue weighted by Crippen LogP contribution is 2.30. The van der Waals surface area contributed by atoms with Crippen LogP contribution in [0.15, 0.2) is 60.8 Å². The van der Waals surface area contributed by atoms with Crippen molar-refractivity contribution in [3.05, 3.63) is 66.4 Å². The van der Waals surface area contributed by atoms with Gasteiger partial charge < -0.3 is 10.1 Å². The molecule has 0 bridgehead atoms. The van der Waals surface area contributed by atoms with Crippen LogP contribution in [0.5, 0.6) is 11.5 Å². The van der Waals surface area contributed by atoms with Crippen LogP contribution in [0.2, 0.25) is 0 Å². The topological polar surface area (TPSA) is 34.1 Å². The third kappa shape index (κ3) is 2.49. The molecule has 0 radical (unpaired) electrons. The first kappa shape index (κ1) is 12.6. The Balaban J connectivity index is 2.01. The van der Waals surface area contributed by atoms with E-state index in [-0.39, 0.29) is 0 Å². The fourth-order valence-electron chi connectivity index (χ4n) is 2.22. The fourth-order valence-corrected chi connectivity index (χ4v) is 2.22. The molecule has 20 heavy (non-hydrogen) atoms. The van der Waals surface area contributed by atoms with Crippen molar-refractivity contribution >= 4 is 10.9 Å². The third-order valence-corrected chi connectivity index (χ3v) is 3.16. The number of nitrogens with one attached hydrogen (secondary N) is 1. The SMILES string of the molecule is CNCc1ccccc1Oc1cccc2cccnc12. The van der Waals surface area contributed by atoms with Gasteiger partial charge in [-0.1, -0.05) is 36.4 Å². The first-order valence-electron chi connectivity index (χ1n) is 6.62. The Hall–Kier alpha value is -2.39. The minimum Gasteiger partial charge on any atom is -0.455 e. The number of pyridine rings is 1. The molecule has 3 aromatic rings. The first-order chi connectivity index (χ1) is 9.88. The molecular formula is C17H16N2O. The summed E-state index contributed by atoms with van der Waals surface area (Å²) in [6.45, 7) is 0.772. The molecule has 1 N–H and O–H groups in total. The molecule has 0 unspecified atom stereocenters. The first-order valence-corrected chi connectivity index (χ1v) is 6.62. The van der Waals surface area contributed by atoms with Gasteiger partial charge in [-0.05, 0) is 25.2 Å². The van der Waals surface area contributed by atoms with Crippen LogP contribution in [0.25, 0.3) is 10.9 Å². The monoisotopic (exact) mass is 264 g/mol. The number of hydrogen-bond donors (Lipinski definition) is 1. The molecule has 0 amide bonds. The smallest absolute Gasteiger partial charge is 0.153 e. The van der Waals surface area contributed by atoms with E-state index in [1.54, 1.807) is 6.20 Å². The molecule has 0 aliphatic carbocycles. The van der Waals surface area contributed by atoms with Crippen LogP contribution in [0.3, 0.4) is 0 Å². The molecule has 1 heterocycles. The second-order valence-electron chi connectivity index (χ2n) is 4.57. The normalized spacial score (nSPS) is 10.7. The minimum absolute atomic E-state index is 0.772. The maximum absolute atomic E-state index is 6.07. The highest BCUT2D eigenvalue weighted by Gasteiger charge is 2.07. The second kappa shape index (κ2) is 5.72. The molecule has 0 aliphatic heterocycles. The lowest BCUT2D eigenvalue weighted by Crippen LogP contribution is -2.06. The number of ether oxygens (including phenoxy) is 1. The predicted molar refractivity (Wildman–Crippen MR) is 81.0 cm³/mol. The molecule has 0 aliphatic rings. The zero-order chi connectivity index (χ0) is 13.8. The molecule has 0 atom stereocenters. The number of nitrogens with zero attached hydrogens (tertiary/aromatic N) is 1. The van der Waals surface area contributed by atoms with Crippen molar-refractivity contribution in [1.29, 1.82) is 0 Å². The Labute approximate surface area is 118 Å². The van der Waals surface area contributed by atoms with E-state index in [1.165, 1.54) is 0 Å². The summed E-state index contributed by atoms with van der Waals surface area (Å²) in [6.07, 6.45) is 1.79. The van der Waals surface area contributed by atoms with Gasteiger partial charge in [0.15, 0.2) is 5.75 Å². The Bertz CT molecular complexity index is 720. The largest absolute Gasteiger partial charge is 0.455 e.